The van der Waals surface area contributed by atoms with Crippen LogP contribution in [0.4, 0.5) is 5.69 Å². The molecule has 0 spiro atoms. The number of rotatable bonds is 7. The first-order valence-corrected chi connectivity index (χ1v) is 11.2. The van der Waals surface area contributed by atoms with E-state index in [2.05, 4.69) is 5.32 Å². The number of anilines is 1. The van der Waals surface area contributed by atoms with Gasteiger partial charge < -0.3 is 15.0 Å². The Hall–Kier alpha value is -2.31. The molecule has 2 heterocycles. The van der Waals surface area contributed by atoms with Gasteiger partial charge in [0.2, 0.25) is 5.91 Å². The summed E-state index contributed by atoms with van der Waals surface area (Å²) in [7, 11) is 0. The van der Waals surface area contributed by atoms with E-state index in [-0.39, 0.29) is 17.9 Å². The summed E-state index contributed by atoms with van der Waals surface area (Å²) in [4.78, 5) is 27.4. The van der Waals surface area contributed by atoms with Crippen LogP contribution in [-0.4, -0.2) is 36.8 Å². The first-order chi connectivity index (χ1) is 14.2. The second-order valence-electron chi connectivity index (χ2n) is 7.44. The second-order valence-corrected chi connectivity index (χ2v) is 8.50. The van der Waals surface area contributed by atoms with E-state index >= 15 is 0 Å². The van der Waals surface area contributed by atoms with Gasteiger partial charge in [-0.3, -0.25) is 9.59 Å². The molecule has 0 aliphatic carbocycles. The van der Waals surface area contributed by atoms with E-state index in [1.165, 1.54) is 0 Å². The van der Waals surface area contributed by atoms with Crippen LogP contribution in [0.5, 0.6) is 0 Å². The highest BCUT2D eigenvalue weighted by Crippen LogP contribution is 2.27. The third kappa shape index (κ3) is 5.00. The van der Waals surface area contributed by atoms with E-state index in [1.54, 1.807) is 11.8 Å². The first kappa shape index (κ1) is 20.0. The molecule has 2 aromatic rings. The van der Waals surface area contributed by atoms with Gasteiger partial charge in [-0.25, -0.2) is 0 Å². The van der Waals surface area contributed by atoms with Crippen LogP contribution >= 0.6 is 11.8 Å². The van der Waals surface area contributed by atoms with Crippen molar-refractivity contribution in [3.05, 3.63) is 59.7 Å². The number of nitrogens with zero attached hydrogens (tertiary/aromatic N) is 1. The van der Waals surface area contributed by atoms with Crippen LogP contribution in [0.25, 0.3) is 0 Å². The van der Waals surface area contributed by atoms with Crippen molar-refractivity contribution < 1.29 is 14.3 Å². The highest BCUT2D eigenvalue weighted by atomic mass is 32.2. The molecule has 5 nitrogen and oxygen atoms in total. The minimum Gasteiger partial charge on any atom is -0.377 e. The molecular weight excluding hydrogens is 384 g/mol. The van der Waals surface area contributed by atoms with Gasteiger partial charge in [-0.05, 0) is 49.1 Å². The molecule has 6 heteroatoms. The fraction of sp³-hybridized carbons (Fsp3) is 0.391. The van der Waals surface area contributed by atoms with Gasteiger partial charge in [0.15, 0.2) is 0 Å². The van der Waals surface area contributed by atoms with Crippen LogP contribution in [0.2, 0.25) is 0 Å². The lowest BCUT2D eigenvalue weighted by atomic mass is 10.1. The molecule has 2 aliphatic rings. The van der Waals surface area contributed by atoms with Gasteiger partial charge in [0.25, 0.3) is 5.91 Å². The van der Waals surface area contributed by atoms with Crippen LogP contribution < -0.4 is 10.2 Å². The summed E-state index contributed by atoms with van der Waals surface area (Å²) in [6, 6.07) is 15.6. The lowest BCUT2D eigenvalue weighted by Gasteiger charge is -2.16. The van der Waals surface area contributed by atoms with Gasteiger partial charge in [-0.1, -0.05) is 24.3 Å². The number of ether oxygens (including phenoxy) is 1. The maximum atomic E-state index is 12.7. The van der Waals surface area contributed by atoms with E-state index in [0.717, 1.165) is 54.3 Å². The van der Waals surface area contributed by atoms with Crippen molar-refractivity contribution in [2.24, 2.45) is 0 Å². The maximum absolute atomic E-state index is 12.7. The Morgan fingerprint density at radius 3 is 2.69 bits per heavy atom. The number of hydrogen-bond acceptors (Lipinski definition) is 4. The lowest BCUT2D eigenvalue weighted by Crippen LogP contribution is -2.24. The minimum absolute atomic E-state index is 0.0702. The zero-order valence-electron chi connectivity index (χ0n) is 16.4. The van der Waals surface area contributed by atoms with E-state index in [4.69, 9.17) is 4.74 Å². The Labute approximate surface area is 175 Å². The van der Waals surface area contributed by atoms with E-state index in [0.29, 0.717) is 18.5 Å². The van der Waals surface area contributed by atoms with Gasteiger partial charge >= 0.3 is 0 Å². The van der Waals surface area contributed by atoms with E-state index in [1.807, 2.05) is 53.4 Å². The molecular formula is C23H26N2O3S. The molecule has 0 radical (unpaired) electrons. The summed E-state index contributed by atoms with van der Waals surface area (Å²) in [6.45, 7) is 2.09. The predicted molar refractivity (Wildman–Crippen MR) is 115 cm³/mol. The first-order valence-electron chi connectivity index (χ1n) is 10.2. The molecule has 0 unspecified atom stereocenters. The zero-order chi connectivity index (χ0) is 20.1. The van der Waals surface area contributed by atoms with Crippen molar-refractivity contribution in [3.8, 4) is 0 Å². The molecule has 152 valence electrons. The number of thioether (sulfide) groups is 1. The number of carbonyl (C=O) groups excluding carboxylic acids is 2. The molecule has 29 heavy (non-hydrogen) atoms. The quantitative estimate of drug-likeness (QED) is 0.701. The fourth-order valence-corrected chi connectivity index (χ4v) is 4.85. The van der Waals surface area contributed by atoms with E-state index in [9.17, 15) is 9.59 Å². The average Bonchev–Trinajstić information content (AvgIpc) is 3.43. The normalized spacial score (nSPS) is 19.0. The molecule has 0 saturated carbocycles. The monoisotopic (exact) mass is 410 g/mol. The largest absolute Gasteiger partial charge is 0.377 e. The Kier molecular flexibility index (Phi) is 6.52. The van der Waals surface area contributed by atoms with Gasteiger partial charge in [-0.15, -0.1) is 11.8 Å². The Morgan fingerprint density at radius 2 is 1.97 bits per heavy atom. The number of hydrogen-bond donors (Lipinski definition) is 1. The molecule has 0 bridgehead atoms. The van der Waals surface area contributed by atoms with Gasteiger partial charge in [-0.2, -0.15) is 0 Å². The van der Waals surface area contributed by atoms with Crippen molar-refractivity contribution in [1.82, 2.24) is 5.32 Å². The Bertz CT molecular complexity index is 863. The third-order valence-electron chi connectivity index (χ3n) is 5.35. The summed E-state index contributed by atoms with van der Waals surface area (Å²) < 4.78 is 5.69. The van der Waals surface area contributed by atoms with Gasteiger partial charge in [0.1, 0.15) is 0 Å². The molecule has 4 rings (SSSR count). The number of carbonyl (C=O) groups is 2. The Balaban J connectivity index is 1.34. The lowest BCUT2D eigenvalue weighted by molar-refractivity contribution is -0.117. The molecule has 2 saturated heterocycles. The zero-order valence-corrected chi connectivity index (χ0v) is 17.2. The van der Waals surface area contributed by atoms with Crippen molar-refractivity contribution >= 4 is 29.3 Å². The third-order valence-corrected chi connectivity index (χ3v) is 6.56. The second kappa shape index (κ2) is 9.46. The number of nitrogens with one attached hydrogen (secondary N) is 1. The molecule has 2 fully saturated rings. The Morgan fingerprint density at radius 1 is 1.14 bits per heavy atom. The number of amides is 2. The average molecular weight is 411 g/mol. The highest BCUT2D eigenvalue weighted by molar-refractivity contribution is 7.99. The summed E-state index contributed by atoms with van der Waals surface area (Å²) in [5.41, 5.74) is 2.64. The smallest absolute Gasteiger partial charge is 0.252 e. The summed E-state index contributed by atoms with van der Waals surface area (Å²) >= 11 is 1.69. The van der Waals surface area contributed by atoms with Gasteiger partial charge in [0.05, 0.1) is 11.7 Å². The molecule has 0 aromatic heterocycles. The molecule has 1 N–H and O–H groups in total. The summed E-state index contributed by atoms with van der Waals surface area (Å²) in [5.74, 6) is 0.989. The molecule has 1 atom stereocenters. The highest BCUT2D eigenvalue weighted by Gasteiger charge is 2.21. The summed E-state index contributed by atoms with van der Waals surface area (Å²) in [6.07, 6.45) is 4.05. The molecule has 2 aromatic carbocycles. The SMILES string of the molecule is O=C(NCc1ccc(N2CCCC2=O)cc1)c1ccccc1SC[C@H]1CCCO1. The standard InChI is InChI=1S/C23H26N2O3S/c26-22-8-3-13-25(22)18-11-9-17(10-12-18)15-24-23(27)20-6-1-2-7-21(20)29-16-19-5-4-14-28-19/h1-2,6-7,9-12,19H,3-5,8,13-16H2,(H,24,27)/t19-/m1/s1. The topological polar surface area (TPSA) is 58.6 Å². The predicted octanol–water partition coefficient (Wildman–Crippen LogP) is 4.01. The van der Waals surface area contributed by atoms with Crippen LogP contribution in [0.3, 0.4) is 0 Å². The van der Waals surface area contributed by atoms with Crippen molar-refractivity contribution in [1.29, 1.82) is 0 Å². The van der Waals surface area contributed by atoms with Crippen molar-refractivity contribution in [2.45, 2.75) is 43.2 Å². The molecule has 2 amide bonds. The van der Waals surface area contributed by atoms with Crippen LogP contribution in [0, 0.1) is 0 Å². The van der Waals surface area contributed by atoms with Crippen LogP contribution in [0.15, 0.2) is 53.4 Å². The summed E-state index contributed by atoms with van der Waals surface area (Å²) in [5, 5.41) is 3.02. The minimum atomic E-state index is -0.0702. The van der Waals surface area contributed by atoms with E-state index < -0.39 is 0 Å². The number of benzene rings is 2. The van der Waals surface area contributed by atoms with Crippen molar-refractivity contribution in [3.63, 3.8) is 0 Å². The van der Waals surface area contributed by atoms with Gasteiger partial charge in [0, 0.05) is 42.5 Å². The fourth-order valence-electron chi connectivity index (χ4n) is 3.73. The maximum Gasteiger partial charge on any atom is 0.252 e. The van der Waals surface area contributed by atoms with Crippen LogP contribution in [0.1, 0.15) is 41.6 Å². The molecule has 2 aliphatic heterocycles. The van der Waals surface area contributed by atoms with Crippen molar-refractivity contribution in [2.75, 3.05) is 23.8 Å². The van der Waals surface area contributed by atoms with Crippen LogP contribution in [-0.2, 0) is 16.1 Å².